The van der Waals surface area contributed by atoms with Gasteiger partial charge in [-0.15, -0.1) is 10.2 Å². The number of anilines is 1. The molecular formula is C15H18N6. The molecule has 21 heavy (non-hydrogen) atoms. The largest absolute Gasteiger partial charge is 0.370 e. The van der Waals surface area contributed by atoms with E-state index in [0.29, 0.717) is 11.5 Å². The molecule has 1 atom stereocenters. The van der Waals surface area contributed by atoms with Crippen molar-refractivity contribution in [3.63, 3.8) is 0 Å². The first-order chi connectivity index (χ1) is 10.3. The highest BCUT2D eigenvalue weighted by Crippen LogP contribution is 2.20. The average molecular weight is 282 g/mol. The molecule has 6 heteroatoms. The lowest BCUT2D eigenvalue weighted by atomic mass is 9.99. The summed E-state index contributed by atoms with van der Waals surface area (Å²) in [7, 11) is 0. The van der Waals surface area contributed by atoms with Crippen LogP contribution < -0.4 is 5.32 Å². The van der Waals surface area contributed by atoms with Gasteiger partial charge in [0.1, 0.15) is 23.5 Å². The third-order valence-electron chi connectivity index (χ3n) is 3.90. The van der Waals surface area contributed by atoms with Crippen molar-refractivity contribution in [3.8, 4) is 6.07 Å². The van der Waals surface area contributed by atoms with Crippen molar-refractivity contribution < 1.29 is 0 Å². The topological polar surface area (TPSA) is 79.4 Å². The number of nitrogens with one attached hydrogen (secondary N) is 1. The van der Waals surface area contributed by atoms with Gasteiger partial charge in [-0.3, -0.25) is 0 Å². The van der Waals surface area contributed by atoms with Gasteiger partial charge in [0, 0.05) is 32.1 Å². The molecule has 0 radical (unpaired) electrons. The number of rotatable bonds is 4. The Morgan fingerprint density at radius 3 is 3.05 bits per heavy atom. The minimum absolute atomic E-state index is 0.552. The zero-order valence-electron chi connectivity index (χ0n) is 12.1. The molecule has 2 aromatic heterocycles. The number of hydrogen-bond donors (Lipinski definition) is 1. The number of aromatic nitrogens is 4. The lowest BCUT2D eigenvalue weighted by molar-refractivity contribution is 0.374. The third-order valence-corrected chi connectivity index (χ3v) is 3.90. The van der Waals surface area contributed by atoms with E-state index in [9.17, 15) is 0 Å². The van der Waals surface area contributed by atoms with Crippen LogP contribution in [0.15, 0.2) is 18.3 Å². The summed E-state index contributed by atoms with van der Waals surface area (Å²) < 4.78 is 2.25. The van der Waals surface area contributed by atoms with Gasteiger partial charge >= 0.3 is 0 Å². The number of aryl methyl sites for hydroxylation is 2. The van der Waals surface area contributed by atoms with Crippen LogP contribution in [-0.2, 0) is 19.4 Å². The second-order valence-corrected chi connectivity index (χ2v) is 5.33. The average Bonchev–Trinajstić information content (AvgIpc) is 2.95. The van der Waals surface area contributed by atoms with Crippen LogP contribution in [0, 0.1) is 17.2 Å². The van der Waals surface area contributed by atoms with Crippen molar-refractivity contribution in [2.24, 2.45) is 5.92 Å². The summed E-state index contributed by atoms with van der Waals surface area (Å²) in [6.07, 6.45) is 4.62. The molecule has 0 saturated carbocycles. The third kappa shape index (κ3) is 2.87. The van der Waals surface area contributed by atoms with E-state index in [4.69, 9.17) is 5.26 Å². The summed E-state index contributed by atoms with van der Waals surface area (Å²) in [5, 5.41) is 20.6. The molecule has 0 aliphatic carbocycles. The van der Waals surface area contributed by atoms with Crippen molar-refractivity contribution >= 4 is 5.82 Å². The predicted octanol–water partition coefficient (Wildman–Crippen LogP) is 1.78. The first-order valence-electron chi connectivity index (χ1n) is 7.31. The van der Waals surface area contributed by atoms with Crippen molar-refractivity contribution in [1.29, 1.82) is 5.26 Å². The summed E-state index contributed by atoms with van der Waals surface area (Å²) in [5.74, 6) is 3.56. The maximum atomic E-state index is 8.76. The first-order valence-corrected chi connectivity index (χ1v) is 7.31. The minimum atomic E-state index is 0.552. The van der Waals surface area contributed by atoms with E-state index in [-0.39, 0.29) is 0 Å². The summed E-state index contributed by atoms with van der Waals surface area (Å²) in [6.45, 7) is 3.95. The van der Waals surface area contributed by atoms with Gasteiger partial charge in [0.25, 0.3) is 0 Å². The molecule has 1 unspecified atom stereocenters. The van der Waals surface area contributed by atoms with Crippen LogP contribution in [0.4, 0.5) is 5.82 Å². The fourth-order valence-corrected chi connectivity index (χ4v) is 2.69. The first kappa shape index (κ1) is 13.6. The Morgan fingerprint density at radius 1 is 1.43 bits per heavy atom. The highest BCUT2D eigenvalue weighted by Gasteiger charge is 2.22. The van der Waals surface area contributed by atoms with Crippen LogP contribution >= 0.6 is 0 Å². The van der Waals surface area contributed by atoms with Crippen LogP contribution in [-0.4, -0.2) is 26.3 Å². The second kappa shape index (κ2) is 5.92. The number of nitrogens with zero attached hydrogens (tertiary/aromatic N) is 5. The Bertz CT molecular complexity index is 638. The van der Waals surface area contributed by atoms with Crippen molar-refractivity contribution in [1.82, 2.24) is 19.7 Å². The summed E-state index contributed by atoms with van der Waals surface area (Å²) in [4.78, 5) is 4.24. The Labute approximate surface area is 123 Å². The molecule has 3 rings (SSSR count). The molecule has 0 saturated heterocycles. The lowest BCUT2D eigenvalue weighted by Crippen LogP contribution is -2.27. The standard InChI is InChI=1S/C15H18N6/c1-2-14-19-20-15-6-4-12(10-21(14)15)9-18-13-5-3-11(7-16)8-17-13/h3,5,8,12H,2,4,6,9-10H2,1H3,(H,17,18). The zero-order chi connectivity index (χ0) is 14.7. The van der Waals surface area contributed by atoms with Gasteiger partial charge in [0.2, 0.25) is 0 Å². The van der Waals surface area contributed by atoms with E-state index in [1.807, 2.05) is 6.07 Å². The summed E-state index contributed by atoms with van der Waals surface area (Å²) in [5.41, 5.74) is 0.583. The van der Waals surface area contributed by atoms with Gasteiger partial charge in [-0.25, -0.2) is 4.98 Å². The predicted molar refractivity (Wildman–Crippen MR) is 78.7 cm³/mol. The minimum Gasteiger partial charge on any atom is -0.370 e. The van der Waals surface area contributed by atoms with Crippen LogP contribution in [0.5, 0.6) is 0 Å². The van der Waals surface area contributed by atoms with Crippen LogP contribution in [0.1, 0.15) is 30.6 Å². The fourth-order valence-electron chi connectivity index (χ4n) is 2.69. The number of nitriles is 1. The van der Waals surface area contributed by atoms with Gasteiger partial charge in [-0.05, 0) is 24.5 Å². The molecule has 0 amide bonds. The van der Waals surface area contributed by atoms with E-state index < -0.39 is 0 Å². The number of hydrogen-bond acceptors (Lipinski definition) is 5. The van der Waals surface area contributed by atoms with Gasteiger partial charge < -0.3 is 9.88 Å². The summed E-state index contributed by atoms with van der Waals surface area (Å²) in [6, 6.07) is 5.70. The molecule has 0 bridgehead atoms. The maximum Gasteiger partial charge on any atom is 0.133 e. The zero-order valence-corrected chi connectivity index (χ0v) is 12.1. The van der Waals surface area contributed by atoms with E-state index in [1.54, 1.807) is 12.3 Å². The van der Waals surface area contributed by atoms with E-state index in [2.05, 4.69) is 38.1 Å². The van der Waals surface area contributed by atoms with Gasteiger partial charge in [-0.2, -0.15) is 5.26 Å². The Kier molecular flexibility index (Phi) is 3.82. The van der Waals surface area contributed by atoms with Gasteiger partial charge in [-0.1, -0.05) is 6.92 Å². The SMILES string of the molecule is CCc1nnc2n1CC(CNc1ccc(C#N)cn1)CC2. The Morgan fingerprint density at radius 2 is 2.33 bits per heavy atom. The fraction of sp³-hybridized carbons (Fsp3) is 0.467. The monoisotopic (exact) mass is 282 g/mol. The Balaban J connectivity index is 1.60. The van der Waals surface area contributed by atoms with Crippen molar-refractivity contribution in [3.05, 3.63) is 35.5 Å². The Hall–Kier alpha value is -2.42. The van der Waals surface area contributed by atoms with Gasteiger partial charge in [0.05, 0.1) is 5.56 Å². The van der Waals surface area contributed by atoms with E-state index in [1.165, 1.54) is 0 Å². The number of fused-ring (bicyclic) bond motifs is 1. The van der Waals surface area contributed by atoms with E-state index >= 15 is 0 Å². The van der Waals surface area contributed by atoms with Crippen LogP contribution in [0.25, 0.3) is 0 Å². The van der Waals surface area contributed by atoms with Crippen molar-refractivity contribution in [2.75, 3.05) is 11.9 Å². The smallest absolute Gasteiger partial charge is 0.133 e. The highest BCUT2D eigenvalue weighted by atomic mass is 15.3. The van der Waals surface area contributed by atoms with Crippen LogP contribution in [0.3, 0.4) is 0 Å². The molecule has 108 valence electrons. The molecule has 1 N–H and O–H groups in total. The normalized spacial score (nSPS) is 17.0. The summed E-state index contributed by atoms with van der Waals surface area (Å²) >= 11 is 0. The molecule has 0 aromatic carbocycles. The van der Waals surface area contributed by atoms with Crippen molar-refractivity contribution in [2.45, 2.75) is 32.7 Å². The molecule has 2 aromatic rings. The molecular weight excluding hydrogens is 264 g/mol. The highest BCUT2D eigenvalue weighted by molar-refractivity contribution is 5.38. The van der Waals surface area contributed by atoms with E-state index in [0.717, 1.165) is 49.8 Å². The molecule has 3 heterocycles. The maximum absolute atomic E-state index is 8.76. The molecule has 1 aliphatic rings. The molecule has 1 aliphatic heterocycles. The second-order valence-electron chi connectivity index (χ2n) is 5.33. The van der Waals surface area contributed by atoms with Gasteiger partial charge in [0.15, 0.2) is 0 Å². The lowest BCUT2D eigenvalue weighted by Gasteiger charge is -2.24. The quantitative estimate of drug-likeness (QED) is 0.924. The van der Waals surface area contributed by atoms with Crippen LogP contribution in [0.2, 0.25) is 0 Å². The molecule has 6 nitrogen and oxygen atoms in total. The number of pyridine rings is 1. The molecule has 0 spiro atoms. The molecule has 0 fully saturated rings.